The molecule has 1 rings (SSSR count). The molecule has 0 aliphatic heterocycles. The summed E-state index contributed by atoms with van der Waals surface area (Å²) >= 11 is 9.25. The SMILES string of the molecule is CCCc1ccc(Br)c(Cl)c1. The minimum atomic E-state index is 0.802. The van der Waals surface area contributed by atoms with Crippen LogP contribution >= 0.6 is 27.5 Å². The van der Waals surface area contributed by atoms with E-state index < -0.39 is 0 Å². The number of aryl methyl sites for hydroxylation is 1. The van der Waals surface area contributed by atoms with Crippen LogP contribution in [-0.2, 0) is 6.42 Å². The highest BCUT2D eigenvalue weighted by Crippen LogP contribution is 2.23. The van der Waals surface area contributed by atoms with Crippen molar-refractivity contribution in [3.05, 3.63) is 33.3 Å². The number of hydrogen-bond donors (Lipinski definition) is 0. The Labute approximate surface area is 80.7 Å². The summed E-state index contributed by atoms with van der Waals surface area (Å²) in [6, 6.07) is 6.10. The van der Waals surface area contributed by atoms with Crippen LogP contribution in [0.2, 0.25) is 5.02 Å². The summed E-state index contributed by atoms with van der Waals surface area (Å²) in [5.74, 6) is 0. The van der Waals surface area contributed by atoms with Crippen LogP contribution in [0.3, 0.4) is 0 Å². The predicted octanol–water partition coefficient (Wildman–Crippen LogP) is 4.06. The number of hydrogen-bond acceptors (Lipinski definition) is 0. The van der Waals surface area contributed by atoms with Gasteiger partial charge in [-0.05, 0) is 40.0 Å². The van der Waals surface area contributed by atoms with Gasteiger partial charge in [0.15, 0.2) is 0 Å². The lowest BCUT2D eigenvalue weighted by Gasteiger charge is -2.00. The van der Waals surface area contributed by atoms with Crippen molar-refractivity contribution in [2.45, 2.75) is 19.8 Å². The molecule has 0 aromatic heterocycles. The maximum atomic E-state index is 5.90. The minimum absolute atomic E-state index is 0.802. The van der Waals surface area contributed by atoms with Crippen molar-refractivity contribution in [3.8, 4) is 0 Å². The molecule has 0 bridgehead atoms. The van der Waals surface area contributed by atoms with Gasteiger partial charge < -0.3 is 0 Å². The zero-order valence-corrected chi connectivity index (χ0v) is 8.74. The maximum absolute atomic E-state index is 5.90. The average molecular weight is 234 g/mol. The first-order chi connectivity index (χ1) is 5.24. The Morgan fingerprint density at radius 3 is 2.73 bits per heavy atom. The summed E-state index contributed by atoms with van der Waals surface area (Å²) in [6.07, 6.45) is 2.27. The van der Waals surface area contributed by atoms with Gasteiger partial charge in [0.1, 0.15) is 0 Å². The van der Waals surface area contributed by atoms with E-state index in [4.69, 9.17) is 11.6 Å². The highest BCUT2D eigenvalue weighted by molar-refractivity contribution is 9.10. The maximum Gasteiger partial charge on any atom is 0.0550 e. The molecule has 1 aromatic carbocycles. The molecule has 2 heteroatoms. The van der Waals surface area contributed by atoms with Crippen LogP contribution in [0.4, 0.5) is 0 Å². The first kappa shape index (κ1) is 9.08. The Balaban J connectivity index is 2.86. The van der Waals surface area contributed by atoms with Crippen molar-refractivity contribution in [1.29, 1.82) is 0 Å². The third-order valence-electron chi connectivity index (χ3n) is 1.52. The standard InChI is InChI=1S/C9H10BrCl/c1-2-3-7-4-5-8(10)9(11)6-7/h4-6H,2-3H2,1H3. The molecular formula is C9H10BrCl. The predicted molar refractivity (Wildman–Crippen MR) is 53.1 cm³/mol. The molecule has 0 heterocycles. The van der Waals surface area contributed by atoms with Crippen LogP contribution < -0.4 is 0 Å². The molecule has 0 unspecified atom stereocenters. The molecule has 0 amide bonds. The fourth-order valence-electron chi connectivity index (χ4n) is 0.984. The van der Waals surface area contributed by atoms with E-state index in [9.17, 15) is 0 Å². The Morgan fingerprint density at radius 2 is 2.18 bits per heavy atom. The topological polar surface area (TPSA) is 0 Å². The summed E-state index contributed by atoms with van der Waals surface area (Å²) in [5, 5.41) is 0.802. The fraction of sp³-hybridized carbons (Fsp3) is 0.333. The van der Waals surface area contributed by atoms with E-state index in [1.807, 2.05) is 12.1 Å². The molecule has 0 saturated carbocycles. The van der Waals surface area contributed by atoms with Crippen molar-refractivity contribution in [2.75, 3.05) is 0 Å². The Morgan fingerprint density at radius 1 is 1.45 bits per heavy atom. The lowest BCUT2D eigenvalue weighted by atomic mass is 10.1. The molecule has 0 aliphatic rings. The molecule has 60 valence electrons. The quantitative estimate of drug-likeness (QED) is 0.723. The van der Waals surface area contributed by atoms with Crippen molar-refractivity contribution in [2.24, 2.45) is 0 Å². The molecule has 0 N–H and O–H groups in total. The fourth-order valence-corrected chi connectivity index (χ4v) is 1.43. The van der Waals surface area contributed by atoms with Gasteiger partial charge in [-0.15, -0.1) is 0 Å². The second kappa shape index (κ2) is 4.13. The van der Waals surface area contributed by atoms with E-state index in [0.717, 1.165) is 22.3 Å². The van der Waals surface area contributed by atoms with E-state index in [1.165, 1.54) is 5.56 Å². The van der Waals surface area contributed by atoms with Crippen LogP contribution in [0.15, 0.2) is 22.7 Å². The molecule has 11 heavy (non-hydrogen) atoms. The summed E-state index contributed by atoms with van der Waals surface area (Å²) in [5.41, 5.74) is 1.31. The van der Waals surface area contributed by atoms with Gasteiger partial charge in [0, 0.05) is 4.47 Å². The van der Waals surface area contributed by atoms with Crippen molar-refractivity contribution in [1.82, 2.24) is 0 Å². The molecule has 1 aromatic rings. The highest BCUT2D eigenvalue weighted by Gasteiger charge is 1.97. The summed E-state index contributed by atoms with van der Waals surface area (Å²) in [6.45, 7) is 2.16. The van der Waals surface area contributed by atoms with E-state index in [0.29, 0.717) is 0 Å². The number of benzene rings is 1. The van der Waals surface area contributed by atoms with Gasteiger partial charge >= 0.3 is 0 Å². The monoisotopic (exact) mass is 232 g/mol. The van der Waals surface area contributed by atoms with Crippen LogP contribution in [-0.4, -0.2) is 0 Å². The summed E-state index contributed by atoms with van der Waals surface area (Å²) < 4.78 is 0.971. The summed E-state index contributed by atoms with van der Waals surface area (Å²) in [4.78, 5) is 0. The summed E-state index contributed by atoms with van der Waals surface area (Å²) in [7, 11) is 0. The number of rotatable bonds is 2. The van der Waals surface area contributed by atoms with E-state index in [1.54, 1.807) is 0 Å². The molecule has 0 nitrogen and oxygen atoms in total. The molecule has 0 aliphatic carbocycles. The van der Waals surface area contributed by atoms with Crippen molar-refractivity contribution in [3.63, 3.8) is 0 Å². The third-order valence-corrected chi connectivity index (χ3v) is 2.76. The minimum Gasteiger partial charge on any atom is -0.0831 e. The first-order valence-electron chi connectivity index (χ1n) is 3.68. The lowest BCUT2D eigenvalue weighted by Crippen LogP contribution is -1.82. The van der Waals surface area contributed by atoms with Crippen molar-refractivity contribution >= 4 is 27.5 Å². The third kappa shape index (κ3) is 2.49. The second-order valence-electron chi connectivity index (χ2n) is 2.50. The van der Waals surface area contributed by atoms with Gasteiger partial charge in [-0.3, -0.25) is 0 Å². The van der Waals surface area contributed by atoms with Gasteiger partial charge in [0.05, 0.1) is 5.02 Å². The van der Waals surface area contributed by atoms with Crippen LogP contribution in [0.5, 0.6) is 0 Å². The largest absolute Gasteiger partial charge is 0.0831 e. The van der Waals surface area contributed by atoms with E-state index in [2.05, 4.69) is 28.9 Å². The van der Waals surface area contributed by atoms with E-state index in [-0.39, 0.29) is 0 Å². The lowest BCUT2D eigenvalue weighted by molar-refractivity contribution is 0.921. The molecule has 0 spiro atoms. The van der Waals surface area contributed by atoms with Gasteiger partial charge in [-0.2, -0.15) is 0 Å². The van der Waals surface area contributed by atoms with Crippen LogP contribution in [0.25, 0.3) is 0 Å². The molecule has 0 saturated heterocycles. The van der Waals surface area contributed by atoms with Gasteiger partial charge in [-0.25, -0.2) is 0 Å². The Bertz CT molecular complexity index is 245. The first-order valence-corrected chi connectivity index (χ1v) is 4.85. The van der Waals surface area contributed by atoms with Crippen molar-refractivity contribution < 1.29 is 0 Å². The molecule has 0 fully saturated rings. The van der Waals surface area contributed by atoms with Crippen LogP contribution in [0.1, 0.15) is 18.9 Å². The highest BCUT2D eigenvalue weighted by atomic mass is 79.9. The number of halogens is 2. The Kier molecular flexibility index (Phi) is 3.41. The second-order valence-corrected chi connectivity index (χ2v) is 3.76. The zero-order valence-electron chi connectivity index (χ0n) is 6.40. The van der Waals surface area contributed by atoms with Gasteiger partial charge in [0.2, 0.25) is 0 Å². The zero-order chi connectivity index (χ0) is 8.27. The molecule has 0 atom stereocenters. The van der Waals surface area contributed by atoms with Gasteiger partial charge in [-0.1, -0.05) is 31.0 Å². The van der Waals surface area contributed by atoms with E-state index >= 15 is 0 Å². The molecule has 0 radical (unpaired) electrons. The van der Waals surface area contributed by atoms with Gasteiger partial charge in [0.25, 0.3) is 0 Å². The molecular weight excluding hydrogens is 223 g/mol. The van der Waals surface area contributed by atoms with Crippen LogP contribution in [0, 0.1) is 0 Å². The smallest absolute Gasteiger partial charge is 0.0550 e. The normalized spacial score (nSPS) is 10.1. The average Bonchev–Trinajstić information content (AvgIpc) is 1.98. The Hall–Kier alpha value is -0.0100.